The number of nitrogens with zero attached hydrogens (tertiary/aromatic N) is 3. The topological polar surface area (TPSA) is 115 Å². The molecule has 1 aromatic carbocycles. The zero-order valence-corrected chi connectivity index (χ0v) is 23.5. The number of rotatable bonds is 9. The van der Waals surface area contributed by atoms with Crippen molar-refractivity contribution in [3.63, 3.8) is 0 Å². The first kappa shape index (κ1) is 29.1. The maximum absolute atomic E-state index is 12.5. The second-order valence-corrected chi connectivity index (χ2v) is 10.2. The number of urea groups is 1. The molecule has 1 saturated heterocycles. The van der Waals surface area contributed by atoms with E-state index in [0.29, 0.717) is 38.5 Å². The van der Waals surface area contributed by atoms with Crippen molar-refractivity contribution in [3.05, 3.63) is 24.0 Å². The number of esters is 1. The third-order valence-corrected chi connectivity index (χ3v) is 6.30. The van der Waals surface area contributed by atoms with E-state index in [4.69, 9.17) is 14.2 Å². The van der Waals surface area contributed by atoms with Crippen LogP contribution in [-0.4, -0.2) is 66.0 Å². The van der Waals surface area contributed by atoms with E-state index in [0.717, 1.165) is 29.7 Å². The van der Waals surface area contributed by atoms with Crippen LogP contribution in [0.4, 0.5) is 9.59 Å². The minimum atomic E-state index is -0.603. The van der Waals surface area contributed by atoms with Crippen LogP contribution in [-0.2, 0) is 27.4 Å². The molecule has 1 aliphatic rings. The third kappa shape index (κ3) is 7.29. The Morgan fingerprint density at radius 3 is 2.39 bits per heavy atom. The molecule has 210 valence electrons. The normalized spacial score (nSPS) is 14.3. The number of hydrogen-bond acceptors (Lipinski definition) is 6. The fourth-order valence-electron chi connectivity index (χ4n) is 4.76. The van der Waals surface area contributed by atoms with Crippen molar-refractivity contribution in [3.8, 4) is 5.75 Å². The number of aromatic nitrogens is 2. The van der Waals surface area contributed by atoms with Gasteiger partial charge in [0.15, 0.2) is 17.6 Å². The van der Waals surface area contributed by atoms with Crippen LogP contribution in [0, 0.1) is 0 Å². The molecule has 1 fully saturated rings. The molecular weight excluding hydrogens is 490 g/mol. The van der Waals surface area contributed by atoms with Crippen molar-refractivity contribution in [2.75, 3.05) is 32.8 Å². The highest BCUT2D eigenvalue weighted by Crippen LogP contribution is 2.30. The van der Waals surface area contributed by atoms with E-state index in [1.54, 1.807) is 6.92 Å². The summed E-state index contributed by atoms with van der Waals surface area (Å²) in [6.45, 7) is 14.1. The van der Waals surface area contributed by atoms with E-state index >= 15 is 0 Å². The van der Waals surface area contributed by atoms with Crippen molar-refractivity contribution >= 4 is 29.1 Å². The fourth-order valence-corrected chi connectivity index (χ4v) is 4.76. The number of imidazole rings is 1. The summed E-state index contributed by atoms with van der Waals surface area (Å²) in [5, 5.41) is 5.79. The predicted octanol–water partition coefficient (Wildman–Crippen LogP) is 3.28. The summed E-state index contributed by atoms with van der Waals surface area (Å²) in [6.07, 6.45) is 1.04. The maximum atomic E-state index is 12.5. The molecule has 11 heteroatoms. The number of amides is 3. The van der Waals surface area contributed by atoms with Gasteiger partial charge in [0.05, 0.1) is 13.2 Å². The maximum Gasteiger partial charge on any atom is 0.408 e. The van der Waals surface area contributed by atoms with Crippen LogP contribution < -0.4 is 19.9 Å². The number of alkyl carbamates (subject to hydrolysis) is 1. The molecule has 3 rings (SSSR count). The molecule has 0 saturated carbocycles. The van der Waals surface area contributed by atoms with Gasteiger partial charge < -0.3 is 29.7 Å². The van der Waals surface area contributed by atoms with Crippen molar-refractivity contribution in [2.45, 2.75) is 79.1 Å². The molecule has 0 bridgehead atoms. The van der Waals surface area contributed by atoms with Crippen molar-refractivity contribution in [2.24, 2.45) is 0 Å². The molecule has 0 atom stereocenters. The van der Waals surface area contributed by atoms with Crippen LogP contribution in [0.2, 0.25) is 0 Å². The van der Waals surface area contributed by atoms with Crippen LogP contribution in [0.5, 0.6) is 5.75 Å². The number of aryl methyl sites for hydroxylation is 1. The van der Waals surface area contributed by atoms with E-state index in [1.165, 1.54) is 0 Å². The predicted molar refractivity (Wildman–Crippen MR) is 142 cm³/mol. The minimum Gasteiger partial charge on any atom is -0.482 e. The molecule has 0 radical (unpaired) electrons. The van der Waals surface area contributed by atoms with Crippen LogP contribution in [0.15, 0.2) is 18.2 Å². The molecule has 3 amide bonds. The van der Waals surface area contributed by atoms with Crippen LogP contribution >= 0.6 is 0 Å². The summed E-state index contributed by atoms with van der Waals surface area (Å²) >= 11 is 0. The quantitative estimate of drug-likeness (QED) is 0.378. The van der Waals surface area contributed by atoms with E-state index in [1.807, 2.05) is 50.8 Å². The number of likely N-dealkylation sites (tertiary alicyclic amines) is 1. The van der Waals surface area contributed by atoms with Gasteiger partial charge in [0.2, 0.25) is 0 Å². The molecule has 38 heavy (non-hydrogen) atoms. The number of nitrogens with one attached hydrogen (secondary N) is 2. The van der Waals surface area contributed by atoms with E-state index in [9.17, 15) is 14.4 Å². The number of carbonyl (C=O) groups is 3. The molecule has 0 spiro atoms. The lowest BCUT2D eigenvalue weighted by Gasteiger charge is -2.31. The summed E-state index contributed by atoms with van der Waals surface area (Å²) in [6, 6.07) is 5.78. The molecule has 2 N–H and O–H groups in total. The molecule has 2 aromatic rings. The Hall–Kier alpha value is -3.50. The van der Waals surface area contributed by atoms with Gasteiger partial charge in [0.25, 0.3) is 5.82 Å². The number of ether oxygens (including phenoxy) is 3. The minimum absolute atomic E-state index is 0.0478. The van der Waals surface area contributed by atoms with Crippen molar-refractivity contribution in [1.29, 1.82) is 0 Å². The lowest BCUT2D eigenvalue weighted by atomic mass is 10.0. The second-order valence-electron chi connectivity index (χ2n) is 10.2. The van der Waals surface area contributed by atoms with Gasteiger partial charge in [-0.2, -0.15) is 0 Å². The van der Waals surface area contributed by atoms with Gasteiger partial charge >= 0.3 is 18.1 Å². The smallest absolute Gasteiger partial charge is 0.408 e. The van der Waals surface area contributed by atoms with Gasteiger partial charge in [-0.15, -0.1) is 0 Å². The molecule has 1 aromatic heterocycles. The number of carbonyl (C=O) groups excluding carboxylic acids is 3. The molecule has 2 heterocycles. The average Bonchev–Trinajstić information content (AvgIpc) is 3.18. The largest absolute Gasteiger partial charge is 0.482 e. The third-order valence-electron chi connectivity index (χ3n) is 6.30. The van der Waals surface area contributed by atoms with Gasteiger partial charge in [0, 0.05) is 38.5 Å². The highest BCUT2D eigenvalue weighted by Gasteiger charge is 2.34. The molecule has 1 aliphatic heterocycles. The monoisotopic (exact) mass is 532 g/mol. The first-order valence-electron chi connectivity index (χ1n) is 13.4. The van der Waals surface area contributed by atoms with E-state index in [-0.39, 0.29) is 25.2 Å². The zero-order valence-electron chi connectivity index (χ0n) is 23.5. The zero-order chi connectivity index (χ0) is 27.9. The standard InChI is InChI=1S/C27H41N5O6/c1-7-28-25(34)30-14-12-19(13-15-30)32-22-16-20(37-18-24(33)36-9-3)10-11-21(22)31(8-2)23(32)17-29-26(35)38-27(4,5)6/h10-11,16,19H,7-9,12-15,17-18H2,1-6H3,(H-,28,29,34,35)/p+1. The second kappa shape index (κ2) is 12.8. The average molecular weight is 533 g/mol. The highest BCUT2D eigenvalue weighted by molar-refractivity contribution is 5.76. The molecule has 11 nitrogen and oxygen atoms in total. The number of fused-ring (bicyclic) bond motifs is 1. The van der Waals surface area contributed by atoms with Crippen LogP contribution in [0.1, 0.15) is 66.3 Å². The van der Waals surface area contributed by atoms with Gasteiger partial charge in [-0.25, -0.2) is 23.5 Å². The fraction of sp³-hybridized carbons (Fsp3) is 0.630. The van der Waals surface area contributed by atoms with Crippen LogP contribution in [0.25, 0.3) is 11.0 Å². The van der Waals surface area contributed by atoms with Crippen molar-refractivity contribution in [1.82, 2.24) is 20.1 Å². The summed E-state index contributed by atoms with van der Waals surface area (Å²) < 4.78 is 20.6. The van der Waals surface area contributed by atoms with Gasteiger partial charge in [0.1, 0.15) is 23.9 Å². The summed E-state index contributed by atoms with van der Waals surface area (Å²) in [5.74, 6) is 1.05. The Labute approximate surface area is 224 Å². The Morgan fingerprint density at radius 2 is 1.79 bits per heavy atom. The summed E-state index contributed by atoms with van der Waals surface area (Å²) in [7, 11) is 0. The SMILES string of the molecule is CCNC(=O)N1CCC(n2c(CNC(=O)OC(C)(C)C)[n+](CC)c3ccc(OCC(=O)OCC)cc32)CC1. The van der Waals surface area contributed by atoms with Crippen LogP contribution in [0.3, 0.4) is 0 Å². The summed E-state index contributed by atoms with van der Waals surface area (Å²) in [5.41, 5.74) is 1.32. The lowest BCUT2D eigenvalue weighted by molar-refractivity contribution is -0.676. The Balaban J connectivity index is 1.95. The lowest BCUT2D eigenvalue weighted by Crippen LogP contribution is -2.46. The van der Waals surface area contributed by atoms with Gasteiger partial charge in [-0.1, -0.05) is 0 Å². The van der Waals surface area contributed by atoms with Crippen molar-refractivity contribution < 1.29 is 33.2 Å². The first-order chi connectivity index (χ1) is 18.1. The number of hydrogen-bond donors (Lipinski definition) is 2. The van der Waals surface area contributed by atoms with E-state index < -0.39 is 17.7 Å². The van der Waals surface area contributed by atoms with E-state index in [2.05, 4.69) is 26.7 Å². The Kier molecular flexibility index (Phi) is 9.82. The highest BCUT2D eigenvalue weighted by atomic mass is 16.6. The molecule has 0 unspecified atom stereocenters. The molecular formula is C27H42N5O6+. The number of piperidine rings is 1. The number of benzene rings is 1. The first-order valence-corrected chi connectivity index (χ1v) is 13.4. The van der Waals surface area contributed by atoms with Gasteiger partial charge in [-0.3, -0.25) is 0 Å². The Morgan fingerprint density at radius 1 is 1.08 bits per heavy atom. The Bertz CT molecular complexity index is 1130. The summed E-state index contributed by atoms with van der Waals surface area (Å²) in [4.78, 5) is 38.5. The van der Waals surface area contributed by atoms with Gasteiger partial charge in [-0.05, 0) is 53.7 Å². The molecule has 0 aliphatic carbocycles.